The number of ether oxygens (including phenoxy) is 1. The van der Waals surface area contributed by atoms with E-state index in [1.54, 1.807) is 24.3 Å². The summed E-state index contributed by atoms with van der Waals surface area (Å²) in [5.74, 6) is -0.548. The van der Waals surface area contributed by atoms with Gasteiger partial charge in [0.2, 0.25) is 0 Å². The topological polar surface area (TPSA) is 113 Å². The summed E-state index contributed by atoms with van der Waals surface area (Å²) < 4.78 is 36.3. The molecule has 3 rings (SSSR count). The van der Waals surface area contributed by atoms with Crippen LogP contribution in [0, 0.1) is 10.1 Å². The minimum absolute atomic E-state index is 0.0497. The fourth-order valence-corrected chi connectivity index (χ4v) is 4.76. The van der Waals surface area contributed by atoms with Gasteiger partial charge < -0.3 is 4.74 Å². The average molecular weight is 470 g/mol. The Balaban J connectivity index is 1.71. The highest BCUT2D eigenvalue weighted by Crippen LogP contribution is 2.26. The number of nitrogens with zero attached hydrogens (tertiary/aromatic N) is 2. The molecule has 0 spiro atoms. The Morgan fingerprint density at radius 1 is 1.10 bits per heavy atom. The molecule has 0 radical (unpaired) electrons. The molecular formula is C20H22ClN2O7S+. The van der Waals surface area contributed by atoms with E-state index >= 15 is 0 Å². The molecule has 0 N–H and O–H groups in total. The zero-order valence-electron chi connectivity index (χ0n) is 16.6. The number of esters is 1. The molecule has 1 aliphatic heterocycles. The summed E-state index contributed by atoms with van der Waals surface area (Å²) >= 11 is 5.81. The Labute approximate surface area is 185 Å². The summed E-state index contributed by atoms with van der Waals surface area (Å²) in [5.41, 5.74) is -0.00788. The van der Waals surface area contributed by atoms with E-state index in [2.05, 4.69) is 0 Å². The molecule has 0 amide bonds. The second kappa shape index (κ2) is 9.73. The summed E-state index contributed by atoms with van der Waals surface area (Å²) in [6, 6.07) is 11.0. The van der Waals surface area contributed by atoms with Crippen LogP contribution in [-0.4, -0.2) is 50.2 Å². The van der Waals surface area contributed by atoms with Crippen molar-refractivity contribution in [2.45, 2.75) is 24.2 Å². The maximum atomic E-state index is 12.9. The molecule has 0 aromatic heterocycles. The molecule has 1 heterocycles. The van der Waals surface area contributed by atoms with Crippen molar-refractivity contribution >= 4 is 33.4 Å². The van der Waals surface area contributed by atoms with Crippen LogP contribution in [0.5, 0.6) is 0 Å². The van der Waals surface area contributed by atoms with Gasteiger partial charge in [-0.15, -0.1) is 0 Å². The van der Waals surface area contributed by atoms with Crippen LogP contribution in [-0.2, 0) is 19.1 Å². The molecule has 0 aliphatic carbocycles. The van der Waals surface area contributed by atoms with Gasteiger partial charge in [-0.2, -0.15) is 13.1 Å². The zero-order chi connectivity index (χ0) is 22.5. The lowest BCUT2D eigenvalue weighted by atomic mass is 10.1. The summed E-state index contributed by atoms with van der Waals surface area (Å²) in [4.78, 5) is 22.2. The van der Waals surface area contributed by atoms with Crippen LogP contribution in [0.2, 0.25) is 5.02 Å². The van der Waals surface area contributed by atoms with Gasteiger partial charge in [-0.3, -0.25) is 10.1 Å². The van der Waals surface area contributed by atoms with E-state index in [1.165, 1.54) is 18.2 Å². The van der Waals surface area contributed by atoms with Crippen molar-refractivity contribution in [2.24, 2.45) is 0 Å². The van der Waals surface area contributed by atoms with E-state index in [0.717, 1.165) is 25.3 Å². The van der Waals surface area contributed by atoms with Crippen LogP contribution >= 0.6 is 11.6 Å². The molecule has 2 aromatic carbocycles. The van der Waals surface area contributed by atoms with Crippen molar-refractivity contribution in [1.29, 1.82) is 0 Å². The van der Waals surface area contributed by atoms with Gasteiger partial charge in [0.25, 0.3) is 5.69 Å². The van der Waals surface area contributed by atoms with Crippen molar-refractivity contribution in [2.75, 3.05) is 26.2 Å². The second-order valence-corrected chi connectivity index (χ2v) is 9.18. The number of nitro benzene ring substituents is 1. The number of quaternary nitrogens is 1. The first kappa shape index (κ1) is 23.1. The summed E-state index contributed by atoms with van der Waals surface area (Å²) in [7, 11) is -4.27. The highest BCUT2D eigenvalue weighted by atomic mass is 35.5. The van der Waals surface area contributed by atoms with E-state index in [4.69, 9.17) is 20.6 Å². The molecule has 0 bridgehead atoms. The van der Waals surface area contributed by atoms with E-state index in [0.29, 0.717) is 23.7 Å². The predicted molar refractivity (Wildman–Crippen MR) is 112 cm³/mol. The molecule has 31 heavy (non-hydrogen) atoms. The average Bonchev–Trinajstić information content (AvgIpc) is 2.74. The van der Waals surface area contributed by atoms with Gasteiger partial charge >= 0.3 is 16.1 Å². The van der Waals surface area contributed by atoms with Crippen LogP contribution in [0.1, 0.15) is 29.6 Å². The monoisotopic (exact) mass is 469 g/mol. The van der Waals surface area contributed by atoms with Gasteiger partial charge in [0.15, 0.2) is 0 Å². The van der Waals surface area contributed by atoms with Crippen LogP contribution in [0.4, 0.5) is 5.69 Å². The fourth-order valence-electron chi connectivity index (χ4n) is 3.40. The minimum atomic E-state index is -4.27. The molecule has 166 valence electrons. The fraction of sp³-hybridized carbons (Fsp3) is 0.350. The number of rotatable bonds is 8. The normalized spacial score (nSPS) is 15.9. The SMILES string of the molecule is O=C(OCC[N+]1(OS(=O)(=O)c2cccc([N+](=O)[O-])c2)CCCCC1)c1ccc(Cl)cc1. The van der Waals surface area contributed by atoms with E-state index in [-0.39, 0.29) is 28.4 Å². The Bertz CT molecular complexity index is 1050. The first-order chi connectivity index (χ1) is 14.7. The number of halogens is 1. The molecular weight excluding hydrogens is 448 g/mol. The largest absolute Gasteiger partial charge is 0.456 e. The van der Waals surface area contributed by atoms with Crippen molar-refractivity contribution in [3.05, 3.63) is 69.2 Å². The highest BCUT2D eigenvalue weighted by molar-refractivity contribution is 7.86. The maximum absolute atomic E-state index is 12.9. The van der Waals surface area contributed by atoms with Gasteiger partial charge in [-0.1, -0.05) is 22.0 Å². The predicted octanol–water partition coefficient (Wildman–Crippen LogP) is 3.73. The van der Waals surface area contributed by atoms with Gasteiger partial charge in [0.05, 0.1) is 10.5 Å². The third-order valence-electron chi connectivity index (χ3n) is 5.02. The lowest BCUT2D eigenvalue weighted by Crippen LogP contribution is -2.54. The van der Waals surface area contributed by atoms with E-state index in [9.17, 15) is 23.3 Å². The number of likely N-dealkylation sites (tertiary alicyclic amines) is 1. The number of non-ortho nitro benzene ring substituents is 1. The molecule has 9 nitrogen and oxygen atoms in total. The molecule has 0 atom stereocenters. The lowest BCUT2D eigenvalue weighted by Gasteiger charge is -2.36. The summed E-state index contributed by atoms with van der Waals surface area (Å²) in [6.07, 6.45) is 2.43. The smallest absolute Gasteiger partial charge is 0.343 e. The second-order valence-electron chi connectivity index (χ2n) is 7.22. The van der Waals surface area contributed by atoms with Crippen molar-refractivity contribution in [1.82, 2.24) is 0 Å². The molecule has 11 heteroatoms. The number of piperidine rings is 1. The van der Waals surface area contributed by atoms with Crippen molar-refractivity contribution < 1.29 is 31.8 Å². The first-order valence-corrected chi connectivity index (χ1v) is 11.5. The molecule has 1 aliphatic rings. The Hall–Kier alpha value is -2.53. The first-order valence-electron chi connectivity index (χ1n) is 9.70. The number of carbonyl (C=O) groups excluding carboxylic acids is 1. The van der Waals surface area contributed by atoms with Crippen LogP contribution in [0.3, 0.4) is 0 Å². The Morgan fingerprint density at radius 3 is 2.42 bits per heavy atom. The molecule has 0 unspecified atom stereocenters. The number of hydrogen-bond acceptors (Lipinski definition) is 7. The molecule has 2 aromatic rings. The van der Waals surface area contributed by atoms with Gasteiger partial charge in [-0.05, 0) is 49.6 Å². The number of benzene rings is 2. The number of nitro groups is 1. The molecule has 0 saturated carbocycles. The number of carbonyl (C=O) groups is 1. The number of hydroxylamine groups is 3. The van der Waals surface area contributed by atoms with Gasteiger partial charge in [0.1, 0.15) is 31.1 Å². The summed E-state index contributed by atoms with van der Waals surface area (Å²) in [5, 5.41) is 11.5. The third-order valence-corrected chi connectivity index (χ3v) is 6.61. The molecule has 1 saturated heterocycles. The van der Waals surface area contributed by atoms with Gasteiger partial charge in [0, 0.05) is 17.2 Å². The standard InChI is InChI=1S/C20H22ClN2O7S/c21-17-9-7-16(8-10-17)20(24)29-14-13-23(11-2-1-3-12-23)30-31(27,28)19-6-4-5-18(15-19)22(25)26/h4-10,15H,1-3,11-14H2/q+1. The van der Waals surface area contributed by atoms with Crippen LogP contribution in [0.15, 0.2) is 53.4 Å². The van der Waals surface area contributed by atoms with Crippen LogP contribution < -0.4 is 0 Å². The Morgan fingerprint density at radius 2 is 1.77 bits per heavy atom. The summed E-state index contributed by atoms with van der Waals surface area (Å²) in [6.45, 7) is 0.929. The zero-order valence-corrected chi connectivity index (χ0v) is 18.2. The minimum Gasteiger partial charge on any atom is -0.456 e. The van der Waals surface area contributed by atoms with E-state index < -0.39 is 21.0 Å². The highest BCUT2D eigenvalue weighted by Gasteiger charge is 2.39. The Kier molecular flexibility index (Phi) is 7.26. The van der Waals surface area contributed by atoms with Gasteiger partial charge in [-0.25, -0.2) is 4.79 Å². The lowest BCUT2D eigenvalue weighted by molar-refractivity contribution is -1.08. The van der Waals surface area contributed by atoms with Crippen molar-refractivity contribution in [3.63, 3.8) is 0 Å². The number of hydrogen-bond donors (Lipinski definition) is 0. The maximum Gasteiger partial charge on any atom is 0.343 e. The quantitative estimate of drug-likeness (QED) is 0.250. The van der Waals surface area contributed by atoms with E-state index in [1.807, 2.05) is 0 Å². The van der Waals surface area contributed by atoms with Crippen molar-refractivity contribution in [3.8, 4) is 0 Å². The van der Waals surface area contributed by atoms with Crippen LogP contribution in [0.25, 0.3) is 0 Å². The molecule has 1 fully saturated rings. The third kappa shape index (κ3) is 6.01.